The summed E-state index contributed by atoms with van der Waals surface area (Å²) in [5, 5.41) is 0. The average molecular weight is 554 g/mol. The number of rotatable bonds is 4. The zero-order valence-electron chi connectivity index (χ0n) is 20.5. The third-order valence-electron chi connectivity index (χ3n) is 8.16. The number of anilines is 1. The molecule has 7 heteroatoms. The van der Waals surface area contributed by atoms with Crippen LogP contribution >= 0.6 is 23.2 Å². The van der Waals surface area contributed by atoms with Gasteiger partial charge in [0.05, 0.1) is 23.1 Å². The van der Waals surface area contributed by atoms with E-state index in [-0.39, 0.29) is 6.61 Å². The van der Waals surface area contributed by atoms with Crippen LogP contribution in [-0.4, -0.2) is 17.8 Å². The van der Waals surface area contributed by atoms with Crippen LogP contribution in [0.5, 0.6) is 0 Å². The lowest BCUT2D eigenvalue weighted by Gasteiger charge is -2.54. The number of hydrogen-bond acceptors (Lipinski definition) is 4. The lowest BCUT2D eigenvalue weighted by Crippen LogP contribution is -2.57. The number of carbonyl (C=O) groups excluding carboxylic acids is 3. The Morgan fingerprint density at radius 2 is 1.10 bits per heavy atom. The van der Waals surface area contributed by atoms with Crippen molar-refractivity contribution in [2.75, 3.05) is 4.90 Å². The largest absolute Gasteiger partial charge is 0.457 e. The van der Waals surface area contributed by atoms with Crippen molar-refractivity contribution in [2.24, 2.45) is 11.8 Å². The highest BCUT2D eigenvalue weighted by molar-refractivity contribution is 6.38. The molecule has 2 bridgehead atoms. The average Bonchev–Trinajstić information content (AvgIpc) is 3.26. The lowest BCUT2D eigenvalue weighted by molar-refractivity contribution is -0.122. The summed E-state index contributed by atoms with van der Waals surface area (Å²) in [7, 11) is 0. The maximum absolute atomic E-state index is 14.1. The minimum Gasteiger partial charge on any atom is -0.457 e. The molecule has 0 radical (unpaired) electrons. The van der Waals surface area contributed by atoms with E-state index in [0.29, 0.717) is 11.3 Å². The lowest BCUT2D eigenvalue weighted by atomic mass is 9.54. The van der Waals surface area contributed by atoms with E-state index >= 15 is 0 Å². The van der Waals surface area contributed by atoms with Crippen molar-refractivity contribution in [1.82, 2.24) is 0 Å². The first-order chi connectivity index (χ1) is 18.9. The number of alkyl halides is 2. The summed E-state index contributed by atoms with van der Waals surface area (Å²) in [5.41, 5.74) is 4.55. The molecule has 4 aliphatic rings. The van der Waals surface area contributed by atoms with Gasteiger partial charge in [0.1, 0.15) is 16.4 Å². The van der Waals surface area contributed by atoms with E-state index in [4.69, 9.17) is 27.9 Å². The molecule has 2 atom stereocenters. The molecule has 5 nitrogen and oxygen atoms in total. The molecular formula is C32H21Cl2NO4. The Morgan fingerprint density at radius 3 is 1.56 bits per heavy atom. The molecule has 1 saturated heterocycles. The van der Waals surface area contributed by atoms with E-state index in [2.05, 4.69) is 0 Å². The summed E-state index contributed by atoms with van der Waals surface area (Å²) < 4.78 is 5.41. The molecule has 0 saturated carbocycles. The fourth-order valence-corrected chi connectivity index (χ4v) is 7.57. The van der Waals surface area contributed by atoms with Crippen LogP contribution in [0.25, 0.3) is 0 Å². The maximum Gasteiger partial charge on any atom is 0.338 e. The Bertz CT molecular complexity index is 1550. The molecule has 4 aromatic carbocycles. The third-order valence-corrected chi connectivity index (χ3v) is 9.44. The molecule has 39 heavy (non-hydrogen) atoms. The highest BCUT2D eigenvalue weighted by Crippen LogP contribution is 2.69. The van der Waals surface area contributed by atoms with Gasteiger partial charge in [0.2, 0.25) is 11.8 Å². The molecule has 2 amide bonds. The zero-order valence-corrected chi connectivity index (χ0v) is 22.0. The van der Waals surface area contributed by atoms with Crippen LogP contribution < -0.4 is 4.90 Å². The Labute approximate surface area is 234 Å². The van der Waals surface area contributed by atoms with Gasteiger partial charge in [-0.2, -0.15) is 0 Å². The number of benzene rings is 4. The number of nitrogens with zero attached hydrogens (tertiary/aromatic N) is 1. The Balaban J connectivity index is 1.24. The fraction of sp³-hybridized carbons (Fsp3) is 0.156. The molecule has 0 spiro atoms. The molecule has 0 unspecified atom stereocenters. The summed E-state index contributed by atoms with van der Waals surface area (Å²) >= 11 is 14.9. The Hall–Kier alpha value is -3.93. The molecule has 1 fully saturated rings. The van der Waals surface area contributed by atoms with E-state index in [9.17, 15) is 14.4 Å². The number of imide groups is 1. The molecular weight excluding hydrogens is 533 g/mol. The second-order valence-corrected chi connectivity index (χ2v) is 11.3. The van der Waals surface area contributed by atoms with E-state index < -0.39 is 39.4 Å². The highest BCUT2D eigenvalue weighted by Gasteiger charge is 2.73. The number of ether oxygens (including phenoxy) is 1. The molecule has 8 rings (SSSR count). The van der Waals surface area contributed by atoms with Gasteiger partial charge in [0, 0.05) is 0 Å². The summed E-state index contributed by atoms with van der Waals surface area (Å²) in [6, 6.07) is 30.7. The van der Waals surface area contributed by atoms with Gasteiger partial charge >= 0.3 is 5.97 Å². The number of hydrogen-bond donors (Lipinski definition) is 0. The van der Waals surface area contributed by atoms with Gasteiger partial charge in [-0.25, -0.2) is 9.69 Å². The SMILES string of the molecule is O=C(OCc1ccccc1)c1ccc(N2C(=O)[C@H]3[C@H](C2=O)C2(Cl)c4ccccc4C3(Cl)c3ccccc32)cc1. The van der Waals surface area contributed by atoms with Crippen LogP contribution in [0.3, 0.4) is 0 Å². The second kappa shape index (κ2) is 8.54. The van der Waals surface area contributed by atoms with Gasteiger partial charge in [-0.1, -0.05) is 78.9 Å². The third kappa shape index (κ3) is 3.17. The summed E-state index contributed by atoms with van der Waals surface area (Å²) in [5.74, 6) is -3.09. The van der Waals surface area contributed by atoms with Crippen LogP contribution in [-0.2, 0) is 30.7 Å². The predicted molar refractivity (Wildman–Crippen MR) is 148 cm³/mol. The minimum atomic E-state index is -1.24. The highest BCUT2D eigenvalue weighted by atomic mass is 35.5. The Morgan fingerprint density at radius 1 is 0.667 bits per heavy atom. The van der Waals surface area contributed by atoms with Crippen LogP contribution in [0, 0.1) is 11.8 Å². The normalized spacial score (nSPS) is 26.2. The van der Waals surface area contributed by atoms with Gasteiger partial charge in [0.15, 0.2) is 0 Å². The summed E-state index contributed by atoms with van der Waals surface area (Å²) in [6.07, 6.45) is 0. The van der Waals surface area contributed by atoms with Crippen molar-refractivity contribution < 1.29 is 19.1 Å². The number of carbonyl (C=O) groups is 3. The van der Waals surface area contributed by atoms with Crippen molar-refractivity contribution in [3.63, 3.8) is 0 Å². The first kappa shape index (κ1) is 24.1. The van der Waals surface area contributed by atoms with Crippen molar-refractivity contribution in [2.45, 2.75) is 16.4 Å². The standard InChI is InChI=1S/C32H21Cl2NO4/c33-31-22-10-4-5-11-23(22)32(34,25-13-7-6-12-24(25)31)27-26(31)28(36)35(29(27)37)21-16-14-20(15-17-21)30(38)39-18-19-8-2-1-3-9-19/h1-17,26-27H,18H2/t26-,27-,31?,32?/m1/s1. The molecule has 192 valence electrons. The molecule has 3 aliphatic carbocycles. The summed E-state index contributed by atoms with van der Waals surface area (Å²) in [6.45, 7) is 0.143. The van der Waals surface area contributed by atoms with E-state index in [1.54, 1.807) is 24.3 Å². The van der Waals surface area contributed by atoms with Gasteiger partial charge in [-0.05, 0) is 52.1 Å². The topological polar surface area (TPSA) is 63.7 Å². The fourth-order valence-electron chi connectivity index (χ4n) is 6.47. The second-order valence-electron chi connectivity index (χ2n) is 10.1. The van der Waals surface area contributed by atoms with Crippen LogP contribution in [0.15, 0.2) is 103 Å². The maximum atomic E-state index is 14.1. The van der Waals surface area contributed by atoms with Crippen LogP contribution in [0.2, 0.25) is 0 Å². The zero-order chi connectivity index (χ0) is 26.9. The molecule has 0 N–H and O–H groups in total. The molecule has 0 aromatic heterocycles. The Kier molecular flexibility index (Phi) is 5.28. The summed E-state index contributed by atoms with van der Waals surface area (Å²) in [4.78, 5) is 39.4. The van der Waals surface area contributed by atoms with Gasteiger partial charge in [-0.15, -0.1) is 23.2 Å². The monoisotopic (exact) mass is 553 g/mol. The first-order valence-electron chi connectivity index (χ1n) is 12.6. The van der Waals surface area contributed by atoms with Gasteiger partial charge in [0.25, 0.3) is 0 Å². The van der Waals surface area contributed by atoms with Crippen molar-refractivity contribution >= 4 is 46.7 Å². The van der Waals surface area contributed by atoms with E-state index in [1.807, 2.05) is 78.9 Å². The molecule has 1 aliphatic heterocycles. The van der Waals surface area contributed by atoms with Crippen molar-refractivity contribution in [1.29, 1.82) is 0 Å². The van der Waals surface area contributed by atoms with Gasteiger partial charge < -0.3 is 4.74 Å². The van der Waals surface area contributed by atoms with Gasteiger partial charge in [-0.3, -0.25) is 9.59 Å². The first-order valence-corrected chi connectivity index (χ1v) is 13.4. The smallest absolute Gasteiger partial charge is 0.338 e. The van der Waals surface area contributed by atoms with Crippen molar-refractivity contribution in [3.05, 3.63) is 137 Å². The van der Waals surface area contributed by atoms with E-state index in [1.165, 1.54) is 4.90 Å². The minimum absolute atomic E-state index is 0.143. The van der Waals surface area contributed by atoms with Crippen LogP contribution in [0.4, 0.5) is 5.69 Å². The number of esters is 1. The van der Waals surface area contributed by atoms with Crippen LogP contribution in [0.1, 0.15) is 38.2 Å². The number of amides is 2. The molecule has 4 aromatic rings. The van der Waals surface area contributed by atoms with E-state index in [0.717, 1.165) is 27.8 Å². The quantitative estimate of drug-likeness (QED) is 0.173. The predicted octanol–water partition coefficient (Wildman–Crippen LogP) is 6.14. The molecule has 1 heterocycles. The number of halogens is 2. The van der Waals surface area contributed by atoms with Crippen molar-refractivity contribution in [3.8, 4) is 0 Å².